The van der Waals surface area contributed by atoms with E-state index in [4.69, 9.17) is 5.26 Å². The zero-order valence-electron chi connectivity index (χ0n) is 19.1. The SMILES string of the molecule is Cc1ccc(S(=O)(=O)N2CCC[C@H]2C(=O)N[C@@H]2CC[C@H](C#N)C2)c(N2CCCC[C@@H]2C)c1. The number of nitriles is 1. The van der Waals surface area contributed by atoms with Gasteiger partial charge in [-0.05, 0) is 82.9 Å². The molecule has 1 aliphatic carbocycles. The van der Waals surface area contributed by atoms with Crippen LogP contribution in [-0.2, 0) is 14.8 Å². The zero-order valence-corrected chi connectivity index (χ0v) is 19.9. The van der Waals surface area contributed by atoms with Gasteiger partial charge in [-0.25, -0.2) is 8.42 Å². The Morgan fingerprint density at radius 1 is 1.12 bits per heavy atom. The van der Waals surface area contributed by atoms with Crippen molar-refractivity contribution in [1.82, 2.24) is 9.62 Å². The van der Waals surface area contributed by atoms with E-state index in [1.54, 1.807) is 6.07 Å². The Kier molecular flexibility index (Phi) is 6.78. The summed E-state index contributed by atoms with van der Waals surface area (Å²) in [6.45, 7) is 5.34. The van der Waals surface area contributed by atoms with E-state index >= 15 is 0 Å². The van der Waals surface area contributed by atoms with Crippen LogP contribution in [0.3, 0.4) is 0 Å². The maximum absolute atomic E-state index is 13.8. The van der Waals surface area contributed by atoms with E-state index in [9.17, 15) is 13.2 Å². The smallest absolute Gasteiger partial charge is 0.245 e. The molecule has 3 aliphatic rings. The van der Waals surface area contributed by atoms with Crippen molar-refractivity contribution >= 4 is 21.6 Å². The summed E-state index contributed by atoms with van der Waals surface area (Å²) < 4.78 is 29.1. The number of hydrogen-bond donors (Lipinski definition) is 1. The summed E-state index contributed by atoms with van der Waals surface area (Å²) in [6.07, 6.45) is 6.67. The van der Waals surface area contributed by atoms with Crippen LogP contribution in [0.1, 0.15) is 63.9 Å². The number of sulfonamides is 1. The Hall–Kier alpha value is -2.11. The van der Waals surface area contributed by atoms with Crippen molar-refractivity contribution in [3.8, 4) is 6.07 Å². The third-order valence-corrected chi connectivity index (χ3v) is 9.24. The number of nitrogens with zero attached hydrogens (tertiary/aromatic N) is 3. The third-order valence-electron chi connectivity index (χ3n) is 7.28. The lowest BCUT2D eigenvalue weighted by atomic mass is 10.0. The molecule has 0 spiro atoms. The van der Waals surface area contributed by atoms with E-state index in [1.165, 1.54) is 4.31 Å². The van der Waals surface area contributed by atoms with Gasteiger partial charge in [0, 0.05) is 31.1 Å². The Bertz CT molecular complexity index is 1000. The highest BCUT2D eigenvalue weighted by Crippen LogP contribution is 2.36. The number of amides is 1. The first kappa shape index (κ1) is 23.1. The summed E-state index contributed by atoms with van der Waals surface area (Å²) in [7, 11) is -3.82. The molecule has 1 N–H and O–H groups in total. The normalized spacial score (nSPS) is 29.1. The maximum atomic E-state index is 13.8. The van der Waals surface area contributed by atoms with Crippen LogP contribution in [0.4, 0.5) is 5.69 Å². The van der Waals surface area contributed by atoms with Gasteiger partial charge in [-0.2, -0.15) is 9.57 Å². The quantitative estimate of drug-likeness (QED) is 0.730. The predicted molar refractivity (Wildman–Crippen MR) is 124 cm³/mol. The lowest BCUT2D eigenvalue weighted by Gasteiger charge is -2.37. The van der Waals surface area contributed by atoms with Gasteiger partial charge in [0.05, 0.1) is 11.8 Å². The van der Waals surface area contributed by atoms with Crippen LogP contribution in [0.25, 0.3) is 0 Å². The molecule has 7 nitrogen and oxygen atoms in total. The molecule has 2 saturated heterocycles. The minimum Gasteiger partial charge on any atom is -0.368 e. The highest BCUT2D eigenvalue weighted by atomic mass is 32.2. The maximum Gasteiger partial charge on any atom is 0.245 e. The van der Waals surface area contributed by atoms with Crippen molar-refractivity contribution in [2.45, 2.75) is 88.2 Å². The van der Waals surface area contributed by atoms with Gasteiger partial charge in [0.15, 0.2) is 0 Å². The summed E-state index contributed by atoms with van der Waals surface area (Å²) in [5.74, 6) is -0.250. The lowest BCUT2D eigenvalue weighted by molar-refractivity contribution is -0.124. The van der Waals surface area contributed by atoms with Gasteiger partial charge in [-0.1, -0.05) is 6.07 Å². The number of hydrogen-bond acceptors (Lipinski definition) is 5. The molecule has 4 atom stereocenters. The second-order valence-electron chi connectivity index (χ2n) is 9.63. The van der Waals surface area contributed by atoms with Crippen molar-refractivity contribution in [2.75, 3.05) is 18.0 Å². The van der Waals surface area contributed by atoms with Crippen LogP contribution in [0.5, 0.6) is 0 Å². The van der Waals surface area contributed by atoms with Crippen LogP contribution in [0, 0.1) is 24.2 Å². The Morgan fingerprint density at radius 3 is 2.66 bits per heavy atom. The van der Waals surface area contributed by atoms with Crippen LogP contribution >= 0.6 is 0 Å². The molecule has 3 fully saturated rings. The number of piperidine rings is 1. The van der Waals surface area contributed by atoms with Crippen LogP contribution in [0.2, 0.25) is 0 Å². The Morgan fingerprint density at radius 2 is 1.94 bits per heavy atom. The molecule has 0 radical (unpaired) electrons. The third kappa shape index (κ3) is 4.51. The minimum atomic E-state index is -3.82. The number of carbonyl (C=O) groups is 1. The van der Waals surface area contributed by atoms with Crippen molar-refractivity contribution in [2.24, 2.45) is 5.92 Å². The van der Waals surface area contributed by atoms with Crippen molar-refractivity contribution in [3.63, 3.8) is 0 Å². The van der Waals surface area contributed by atoms with Gasteiger partial charge in [0.25, 0.3) is 0 Å². The van der Waals surface area contributed by atoms with Crippen molar-refractivity contribution in [3.05, 3.63) is 23.8 Å². The molecule has 8 heteroatoms. The molecule has 2 heterocycles. The highest BCUT2D eigenvalue weighted by molar-refractivity contribution is 7.89. The molecule has 1 saturated carbocycles. The topological polar surface area (TPSA) is 93.5 Å². The first-order chi connectivity index (χ1) is 15.3. The molecule has 174 valence electrons. The van der Waals surface area contributed by atoms with E-state index in [2.05, 4.69) is 23.2 Å². The highest BCUT2D eigenvalue weighted by Gasteiger charge is 2.42. The summed E-state index contributed by atoms with van der Waals surface area (Å²) in [6, 6.07) is 7.36. The number of rotatable bonds is 5. The minimum absolute atomic E-state index is 0.0228. The molecular weight excluding hydrogens is 424 g/mol. The molecule has 4 rings (SSSR count). The largest absolute Gasteiger partial charge is 0.368 e. The van der Waals surface area contributed by atoms with E-state index in [0.29, 0.717) is 30.7 Å². The average Bonchev–Trinajstić information content (AvgIpc) is 3.44. The summed E-state index contributed by atoms with van der Waals surface area (Å²) in [4.78, 5) is 15.6. The van der Waals surface area contributed by atoms with Gasteiger partial charge in [-0.3, -0.25) is 4.79 Å². The van der Waals surface area contributed by atoms with E-state index in [1.807, 2.05) is 19.1 Å². The van der Waals surface area contributed by atoms with Gasteiger partial charge >= 0.3 is 0 Å². The van der Waals surface area contributed by atoms with Crippen LogP contribution in [-0.4, -0.2) is 49.8 Å². The lowest BCUT2D eigenvalue weighted by Crippen LogP contribution is -2.48. The monoisotopic (exact) mass is 458 g/mol. The summed E-state index contributed by atoms with van der Waals surface area (Å²) in [5.41, 5.74) is 1.79. The standard InChI is InChI=1S/C24H34N4O3S/c1-17-8-11-23(22(14-17)27-12-4-3-6-18(27)2)32(30,31)28-13-5-7-21(28)24(29)26-20-10-9-19(15-20)16-25/h8,11,14,18-21H,3-7,9-10,12-13,15H2,1-2H3,(H,26,29)/t18-,19-,20+,21-/m0/s1. The molecule has 0 bridgehead atoms. The molecular formula is C24H34N4O3S. The fourth-order valence-electron chi connectivity index (χ4n) is 5.47. The summed E-state index contributed by atoms with van der Waals surface area (Å²) in [5, 5.41) is 12.1. The zero-order chi connectivity index (χ0) is 22.9. The molecule has 1 aromatic rings. The molecule has 0 unspecified atom stereocenters. The molecule has 0 aromatic heterocycles. The fraction of sp³-hybridized carbons (Fsp3) is 0.667. The van der Waals surface area contributed by atoms with E-state index in [-0.39, 0.29) is 23.9 Å². The van der Waals surface area contributed by atoms with Crippen molar-refractivity contribution in [1.29, 1.82) is 5.26 Å². The number of nitrogens with one attached hydrogen (secondary N) is 1. The van der Waals surface area contributed by atoms with Gasteiger partial charge < -0.3 is 10.2 Å². The predicted octanol–water partition coefficient (Wildman–Crippen LogP) is 3.34. The Balaban J connectivity index is 1.59. The Labute approximate surface area is 191 Å². The summed E-state index contributed by atoms with van der Waals surface area (Å²) >= 11 is 0. The first-order valence-electron chi connectivity index (χ1n) is 11.9. The van der Waals surface area contributed by atoms with Crippen molar-refractivity contribution < 1.29 is 13.2 Å². The average molecular weight is 459 g/mol. The molecule has 32 heavy (non-hydrogen) atoms. The first-order valence-corrected chi connectivity index (χ1v) is 13.3. The van der Waals surface area contributed by atoms with Gasteiger partial charge in [0.1, 0.15) is 10.9 Å². The molecule has 1 amide bonds. The number of aryl methyl sites for hydroxylation is 1. The second-order valence-corrected chi connectivity index (χ2v) is 11.5. The molecule has 1 aromatic carbocycles. The van der Waals surface area contributed by atoms with Gasteiger partial charge in [-0.15, -0.1) is 0 Å². The second kappa shape index (κ2) is 9.40. The molecule has 2 aliphatic heterocycles. The van der Waals surface area contributed by atoms with Gasteiger partial charge in [0.2, 0.25) is 15.9 Å². The number of carbonyl (C=O) groups excluding carboxylic acids is 1. The van der Waals surface area contributed by atoms with E-state index in [0.717, 1.165) is 49.9 Å². The van der Waals surface area contributed by atoms with E-state index < -0.39 is 16.1 Å². The number of anilines is 1. The fourth-order valence-corrected chi connectivity index (χ4v) is 7.31. The number of benzene rings is 1. The van der Waals surface area contributed by atoms with Crippen LogP contribution < -0.4 is 10.2 Å². The van der Waals surface area contributed by atoms with Crippen LogP contribution in [0.15, 0.2) is 23.1 Å².